The van der Waals surface area contributed by atoms with Gasteiger partial charge in [-0.2, -0.15) is 0 Å². The highest BCUT2D eigenvalue weighted by Crippen LogP contribution is 2.22. The molecule has 0 radical (unpaired) electrons. The molecular weight excluding hydrogens is 278 g/mol. The molecule has 21 heavy (non-hydrogen) atoms. The van der Waals surface area contributed by atoms with Crippen molar-refractivity contribution in [3.8, 4) is 11.5 Å². The molecule has 7 nitrogen and oxygen atoms in total. The molecule has 0 aliphatic carbocycles. The number of ether oxygens (including phenoxy) is 3. The van der Waals surface area contributed by atoms with E-state index in [1.54, 1.807) is 6.92 Å². The molecule has 0 atom stereocenters. The molecule has 1 aromatic carbocycles. The van der Waals surface area contributed by atoms with Gasteiger partial charge in [-0.1, -0.05) is 0 Å². The van der Waals surface area contributed by atoms with E-state index in [-0.39, 0.29) is 30.9 Å². The Balaban J connectivity index is 2.66. The summed E-state index contributed by atoms with van der Waals surface area (Å²) < 4.78 is 14.9. The van der Waals surface area contributed by atoms with Crippen LogP contribution in [0.2, 0.25) is 0 Å². The highest BCUT2D eigenvalue weighted by molar-refractivity contribution is 5.96. The van der Waals surface area contributed by atoms with Gasteiger partial charge < -0.3 is 19.9 Å². The molecule has 2 N–H and O–H groups in total. The first-order chi connectivity index (χ1) is 9.96. The Labute approximate surface area is 122 Å². The number of benzene rings is 1. The van der Waals surface area contributed by atoms with Crippen LogP contribution in [-0.4, -0.2) is 38.0 Å². The summed E-state index contributed by atoms with van der Waals surface area (Å²) in [6, 6.07) is 4.35. The zero-order valence-electron chi connectivity index (χ0n) is 11.9. The maximum atomic E-state index is 11.5. The number of Topliss-reactive ketones (excluding diaryl/α,β-unsaturated/α-hetero) is 1. The normalized spacial score (nSPS) is 9.81. The van der Waals surface area contributed by atoms with E-state index in [0.717, 1.165) is 0 Å². The number of esters is 1. The van der Waals surface area contributed by atoms with Crippen molar-refractivity contribution in [3.05, 3.63) is 23.8 Å². The number of hydrogen-bond acceptors (Lipinski definition) is 6. The maximum Gasteiger partial charge on any atom is 0.313 e. The fourth-order valence-electron chi connectivity index (χ4n) is 1.50. The summed E-state index contributed by atoms with van der Waals surface area (Å²) in [5.41, 5.74) is 5.38. The predicted octanol–water partition coefficient (Wildman–Crippen LogP) is 0.695. The molecular formula is C14H17NO6. The van der Waals surface area contributed by atoms with Crippen LogP contribution in [0.4, 0.5) is 0 Å². The van der Waals surface area contributed by atoms with Crippen LogP contribution in [0, 0.1) is 0 Å². The highest BCUT2D eigenvalue weighted by Gasteiger charge is 2.12. The Kier molecular flexibility index (Phi) is 6.19. The van der Waals surface area contributed by atoms with Gasteiger partial charge in [0.05, 0.1) is 13.7 Å². The van der Waals surface area contributed by atoms with E-state index in [0.29, 0.717) is 5.75 Å². The zero-order chi connectivity index (χ0) is 15.8. The molecule has 0 saturated heterocycles. The van der Waals surface area contributed by atoms with Gasteiger partial charge in [0.25, 0.3) is 0 Å². The number of carbonyl (C=O) groups is 3. The van der Waals surface area contributed by atoms with Crippen LogP contribution in [-0.2, 0) is 14.3 Å². The van der Waals surface area contributed by atoms with E-state index in [4.69, 9.17) is 15.2 Å². The molecule has 1 amide bonds. The third-order valence-corrected chi connectivity index (χ3v) is 2.45. The summed E-state index contributed by atoms with van der Waals surface area (Å²) in [5, 5.41) is 0. The van der Waals surface area contributed by atoms with Crippen molar-refractivity contribution in [2.24, 2.45) is 5.73 Å². The van der Waals surface area contributed by atoms with Gasteiger partial charge in [0.2, 0.25) is 5.91 Å². The fourth-order valence-corrected chi connectivity index (χ4v) is 1.50. The number of nitrogens with two attached hydrogens (primary N) is 1. The maximum absolute atomic E-state index is 11.5. The highest BCUT2D eigenvalue weighted by atomic mass is 16.5. The monoisotopic (exact) mass is 295 g/mol. The first-order valence-electron chi connectivity index (χ1n) is 6.25. The van der Waals surface area contributed by atoms with Gasteiger partial charge in [0.15, 0.2) is 5.78 Å². The second-order valence-corrected chi connectivity index (χ2v) is 4.07. The topological polar surface area (TPSA) is 105 Å². The quantitative estimate of drug-likeness (QED) is 0.559. The summed E-state index contributed by atoms with van der Waals surface area (Å²) in [6.07, 6.45) is -0.361. The molecule has 0 unspecified atom stereocenters. The average molecular weight is 295 g/mol. The van der Waals surface area contributed by atoms with Crippen molar-refractivity contribution in [1.82, 2.24) is 0 Å². The van der Waals surface area contributed by atoms with E-state index >= 15 is 0 Å². The van der Waals surface area contributed by atoms with E-state index in [1.807, 2.05) is 0 Å². The van der Waals surface area contributed by atoms with Gasteiger partial charge in [0.1, 0.15) is 24.5 Å². The number of methoxy groups -OCH3 is 1. The van der Waals surface area contributed by atoms with Gasteiger partial charge in [0, 0.05) is 11.6 Å². The molecule has 1 rings (SSSR count). The molecule has 0 saturated carbocycles. The van der Waals surface area contributed by atoms with E-state index in [9.17, 15) is 14.4 Å². The van der Waals surface area contributed by atoms with Gasteiger partial charge in [-0.3, -0.25) is 14.4 Å². The Hall–Kier alpha value is -2.57. The van der Waals surface area contributed by atoms with Crippen LogP contribution in [0.25, 0.3) is 0 Å². The largest absolute Gasteiger partial charge is 0.497 e. The minimum absolute atomic E-state index is 0.196. The summed E-state index contributed by atoms with van der Waals surface area (Å²) in [6.45, 7) is 1.55. The number of amides is 1. The summed E-state index contributed by atoms with van der Waals surface area (Å²) in [5.74, 6) is -1.05. The average Bonchev–Trinajstić information content (AvgIpc) is 2.44. The number of hydrogen-bond donors (Lipinski definition) is 1. The second kappa shape index (κ2) is 7.88. The standard InChI is InChI=1S/C14H17NO6/c1-3-20-13(17)6-10(16)8-21-12-5-9(14(15)18)4-11(7-12)19-2/h4-5,7H,3,6,8H2,1-2H3,(H2,15,18). The van der Waals surface area contributed by atoms with Gasteiger partial charge in [-0.15, -0.1) is 0 Å². The Morgan fingerprint density at radius 2 is 1.81 bits per heavy atom. The van der Waals surface area contributed by atoms with Crippen molar-refractivity contribution in [3.63, 3.8) is 0 Å². The van der Waals surface area contributed by atoms with Gasteiger partial charge >= 0.3 is 5.97 Å². The second-order valence-electron chi connectivity index (χ2n) is 4.07. The number of rotatable bonds is 8. The molecule has 0 aliphatic heterocycles. The Morgan fingerprint density at radius 1 is 1.14 bits per heavy atom. The molecule has 1 aromatic rings. The SMILES string of the molecule is CCOC(=O)CC(=O)COc1cc(OC)cc(C(N)=O)c1. The third-order valence-electron chi connectivity index (χ3n) is 2.45. The number of carbonyl (C=O) groups excluding carboxylic acids is 3. The van der Waals surface area contributed by atoms with Crippen molar-refractivity contribution in [2.75, 3.05) is 20.3 Å². The van der Waals surface area contributed by atoms with E-state index in [2.05, 4.69) is 4.74 Å². The molecule has 7 heteroatoms. The van der Waals surface area contributed by atoms with Crippen LogP contribution in [0.5, 0.6) is 11.5 Å². The van der Waals surface area contributed by atoms with Gasteiger partial charge in [-0.25, -0.2) is 0 Å². The van der Waals surface area contributed by atoms with Crippen LogP contribution >= 0.6 is 0 Å². The van der Waals surface area contributed by atoms with Crippen LogP contribution in [0.15, 0.2) is 18.2 Å². The lowest BCUT2D eigenvalue weighted by molar-refractivity contribution is -0.145. The molecule has 0 bridgehead atoms. The first-order valence-corrected chi connectivity index (χ1v) is 6.25. The van der Waals surface area contributed by atoms with Gasteiger partial charge in [-0.05, 0) is 19.1 Å². The zero-order valence-corrected chi connectivity index (χ0v) is 11.9. The molecule has 0 aromatic heterocycles. The van der Waals surface area contributed by atoms with Crippen LogP contribution < -0.4 is 15.2 Å². The minimum Gasteiger partial charge on any atom is -0.497 e. The third kappa shape index (κ3) is 5.52. The Morgan fingerprint density at radius 3 is 2.38 bits per heavy atom. The van der Waals surface area contributed by atoms with Crippen molar-refractivity contribution < 1.29 is 28.6 Å². The van der Waals surface area contributed by atoms with Crippen molar-refractivity contribution in [2.45, 2.75) is 13.3 Å². The molecule has 114 valence electrons. The van der Waals surface area contributed by atoms with Crippen LogP contribution in [0.3, 0.4) is 0 Å². The first kappa shape index (κ1) is 16.5. The lowest BCUT2D eigenvalue weighted by atomic mass is 10.2. The predicted molar refractivity (Wildman–Crippen MR) is 73.3 cm³/mol. The summed E-state index contributed by atoms with van der Waals surface area (Å²) >= 11 is 0. The molecule has 0 fully saturated rings. The smallest absolute Gasteiger partial charge is 0.313 e. The van der Waals surface area contributed by atoms with E-state index < -0.39 is 17.7 Å². The molecule has 0 heterocycles. The lowest BCUT2D eigenvalue weighted by Gasteiger charge is -2.09. The minimum atomic E-state index is -0.642. The van der Waals surface area contributed by atoms with Crippen molar-refractivity contribution in [1.29, 1.82) is 0 Å². The van der Waals surface area contributed by atoms with Crippen molar-refractivity contribution >= 4 is 17.7 Å². The van der Waals surface area contributed by atoms with E-state index in [1.165, 1.54) is 25.3 Å². The van der Waals surface area contributed by atoms with Crippen LogP contribution in [0.1, 0.15) is 23.7 Å². The molecule has 0 aliphatic rings. The molecule has 0 spiro atoms. The fraction of sp³-hybridized carbons (Fsp3) is 0.357. The Bertz CT molecular complexity index is 540. The number of ketones is 1. The number of primary amides is 1. The lowest BCUT2D eigenvalue weighted by Crippen LogP contribution is -2.18. The summed E-state index contributed by atoms with van der Waals surface area (Å²) in [4.78, 5) is 33.8. The summed E-state index contributed by atoms with van der Waals surface area (Å²) in [7, 11) is 1.43.